The van der Waals surface area contributed by atoms with Crippen LogP contribution in [-0.4, -0.2) is 31.9 Å². The number of carbonyl (C=O) groups is 2. The van der Waals surface area contributed by atoms with E-state index in [1.807, 2.05) is 66.7 Å². The Kier molecular flexibility index (Phi) is 4.38. The minimum absolute atomic E-state index is 0.170. The lowest BCUT2D eigenvalue weighted by Crippen LogP contribution is -2.50. The summed E-state index contributed by atoms with van der Waals surface area (Å²) in [5.74, 6) is -1.19. The summed E-state index contributed by atoms with van der Waals surface area (Å²) < 4.78 is 10.1. The number of carbonyl (C=O) groups excluding carboxylic acids is 2. The van der Waals surface area contributed by atoms with Gasteiger partial charge in [-0.1, -0.05) is 60.7 Å². The fourth-order valence-corrected chi connectivity index (χ4v) is 4.33. The largest absolute Gasteiger partial charge is 0.468 e. The van der Waals surface area contributed by atoms with Crippen molar-refractivity contribution in [3.63, 3.8) is 0 Å². The van der Waals surface area contributed by atoms with Crippen LogP contribution < -0.4 is 0 Å². The summed E-state index contributed by atoms with van der Waals surface area (Å²) in [4.78, 5) is 30.6. The molecule has 4 rings (SSSR count). The van der Waals surface area contributed by atoms with Crippen LogP contribution in [-0.2, 0) is 31.0 Å². The van der Waals surface area contributed by atoms with Gasteiger partial charge in [0.25, 0.3) is 0 Å². The Balaban J connectivity index is 1.90. The van der Waals surface area contributed by atoms with Crippen LogP contribution in [0.25, 0.3) is 0 Å². The van der Waals surface area contributed by atoms with Crippen molar-refractivity contribution in [1.82, 2.24) is 0 Å². The number of hydrogen-bond donors (Lipinski definition) is 0. The lowest BCUT2D eigenvalue weighted by molar-refractivity contribution is -0.171. The van der Waals surface area contributed by atoms with Gasteiger partial charge in [0.2, 0.25) is 0 Å². The van der Waals surface area contributed by atoms with Gasteiger partial charge < -0.3 is 9.47 Å². The molecule has 1 atom stereocenters. The monoisotopic (exact) mass is 375 g/mol. The molecule has 2 aliphatic rings. The van der Waals surface area contributed by atoms with E-state index in [1.165, 1.54) is 14.2 Å². The van der Waals surface area contributed by atoms with Crippen molar-refractivity contribution in [1.29, 1.82) is 0 Å². The molecule has 28 heavy (non-hydrogen) atoms. The van der Waals surface area contributed by atoms with E-state index in [0.717, 1.165) is 22.4 Å². The quantitative estimate of drug-likeness (QED) is 0.610. The van der Waals surface area contributed by atoms with Crippen molar-refractivity contribution in [3.05, 3.63) is 83.4 Å². The highest BCUT2D eigenvalue weighted by Gasteiger charge is 2.58. The van der Waals surface area contributed by atoms with Gasteiger partial charge in [-0.05, 0) is 29.2 Å². The topological polar surface area (TPSA) is 65.0 Å². The van der Waals surface area contributed by atoms with E-state index in [4.69, 9.17) is 14.5 Å². The van der Waals surface area contributed by atoms with Gasteiger partial charge in [0.05, 0.1) is 19.9 Å². The van der Waals surface area contributed by atoms with Crippen LogP contribution in [0, 0.1) is 5.41 Å². The summed E-state index contributed by atoms with van der Waals surface area (Å²) in [7, 11) is 2.59. The van der Waals surface area contributed by atoms with Crippen molar-refractivity contribution >= 4 is 17.7 Å². The predicted octanol–water partition coefficient (Wildman–Crippen LogP) is 3.22. The predicted molar refractivity (Wildman–Crippen MR) is 105 cm³/mol. The number of allylic oxidation sites excluding steroid dienone is 1. The van der Waals surface area contributed by atoms with Gasteiger partial charge in [-0.25, -0.2) is 0 Å². The van der Waals surface area contributed by atoms with Gasteiger partial charge in [0, 0.05) is 6.42 Å². The van der Waals surface area contributed by atoms with E-state index in [-0.39, 0.29) is 12.8 Å². The molecule has 0 saturated carbocycles. The van der Waals surface area contributed by atoms with Crippen LogP contribution in [0.5, 0.6) is 0 Å². The molecular weight excluding hydrogens is 354 g/mol. The molecule has 2 aromatic carbocycles. The second-order valence-corrected chi connectivity index (χ2v) is 7.20. The van der Waals surface area contributed by atoms with Crippen LogP contribution in [0.2, 0.25) is 0 Å². The molecule has 0 radical (unpaired) electrons. The average molecular weight is 375 g/mol. The standard InChI is InChI=1S/C23H21NO4/c1-27-20(25)22(21(26)28-2)14-17-10-6-7-11-18(17)23(15-22)13-12-19(24-23)16-8-4-3-5-9-16/h3-13H,14-15H2,1-2H3. The zero-order chi connectivity index (χ0) is 19.8. The molecule has 1 unspecified atom stereocenters. The fourth-order valence-electron chi connectivity index (χ4n) is 4.33. The normalized spacial score (nSPS) is 21.7. The molecule has 142 valence electrons. The van der Waals surface area contributed by atoms with Gasteiger partial charge in [0.1, 0.15) is 5.54 Å². The highest BCUT2D eigenvalue weighted by molar-refractivity contribution is 6.11. The SMILES string of the molecule is COC(=O)C1(C(=O)OC)Cc2ccccc2C2(C=CC(c3ccccc3)=N2)C1. The summed E-state index contributed by atoms with van der Waals surface area (Å²) in [6.45, 7) is 0. The fraction of sp³-hybridized carbons (Fsp3) is 0.261. The third-order valence-electron chi connectivity index (χ3n) is 5.61. The maximum absolute atomic E-state index is 12.8. The van der Waals surface area contributed by atoms with Crippen molar-refractivity contribution in [3.8, 4) is 0 Å². The van der Waals surface area contributed by atoms with Crippen LogP contribution in [0.3, 0.4) is 0 Å². The first-order valence-corrected chi connectivity index (χ1v) is 9.14. The van der Waals surface area contributed by atoms with E-state index in [2.05, 4.69) is 0 Å². The van der Waals surface area contributed by atoms with E-state index >= 15 is 0 Å². The van der Waals surface area contributed by atoms with E-state index < -0.39 is 22.9 Å². The smallest absolute Gasteiger partial charge is 0.323 e. The van der Waals surface area contributed by atoms with E-state index in [1.54, 1.807) is 0 Å². The molecule has 0 aromatic heterocycles. The zero-order valence-electron chi connectivity index (χ0n) is 15.8. The molecule has 1 aliphatic heterocycles. The summed E-state index contributed by atoms with van der Waals surface area (Å²) in [6, 6.07) is 17.6. The number of fused-ring (bicyclic) bond motifs is 2. The molecule has 2 aromatic rings. The first-order chi connectivity index (χ1) is 13.5. The number of ether oxygens (including phenoxy) is 2. The Bertz CT molecular complexity index is 977. The molecular formula is C23H21NO4. The lowest BCUT2D eigenvalue weighted by Gasteiger charge is -2.41. The molecule has 0 bridgehead atoms. The van der Waals surface area contributed by atoms with E-state index in [9.17, 15) is 9.59 Å². The van der Waals surface area contributed by atoms with Crippen LogP contribution in [0.1, 0.15) is 23.1 Å². The van der Waals surface area contributed by atoms with Crippen molar-refractivity contribution in [2.45, 2.75) is 18.4 Å². The number of rotatable bonds is 3. The Morgan fingerprint density at radius 3 is 2.25 bits per heavy atom. The lowest BCUT2D eigenvalue weighted by atomic mass is 9.63. The number of aliphatic imine (C=N–C) groups is 1. The van der Waals surface area contributed by atoms with Gasteiger partial charge >= 0.3 is 11.9 Å². The Morgan fingerprint density at radius 1 is 0.929 bits per heavy atom. The molecule has 0 N–H and O–H groups in total. The van der Waals surface area contributed by atoms with Crippen LogP contribution in [0.4, 0.5) is 0 Å². The highest BCUT2D eigenvalue weighted by Crippen LogP contribution is 2.51. The van der Waals surface area contributed by atoms with Gasteiger partial charge in [-0.3, -0.25) is 14.6 Å². The Labute approximate surface area is 163 Å². The van der Waals surface area contributed by atoms with Crippen molar-refractivity contribution < 1.29 is 19.1 Å². The molecule has 1 spiro atoms. The molecule has 0 saturated heterocycles. The third kappa shape index (κ3) is 2.66. The molecule has 5 heteroatoms. The van der Waals surface area contributed by atoms with Gasteiger partial charge in [0.15, 0.2) is 5.41 Å². The Hall–Kier alpha value is -3.21. The second kappa shape index (κ2) is 6.75. The van der Waals surface area contributed by atoms with Gasteiger partial charge in [-0.2, -0.15) is 0 Å². The summed E-state index contributed by atoms with van der Waals surface area (Å²) in [6.07, 6.45) is 4.34. The summed E-state index contributed by atoms with van der Waals surface area (Å²) in [5.41, 5.74) is 1.45. The van der Waals surface area contributed by atoms with Crippen LogP contribution in [0.15, 0.2) is 71.7 Å². The average Bonchev–Trinajstić information content (AvgIpc) is 3.17. The molecule has 0 amide bonds. The second-order valence-electron chi connectivity index (χ2n) is 7.20. The molecule has 1 aliphatic carbocycles. The van der Waals surface area contributed by atoms with Gasteiger partial charge in [-0.15, -0.1) is 0 Å². The highest BCUT2D eigenvalue weighted by atomic mass is 16.5. The minimum atomic E-state index is -1.43. The maximum Gasteiger partial charge on any atom is 0.323 e. The van der Waals surface area contributed by atoms with Crippen molar-refractivity contribution in [2.24, 2.45) is 10.4 Å². The first kappa shape index (κ1) is 18.2. The third-order valence-corrected chi connectivity index (χ3v) is 5.61. The summed E-state index contributed by atoms with van der Waals surface area (Å²) >= 11 is 0. The molecule has 5 nitrogen and oxygen atoms in total. The summed E-state index contributed by atoms with van der Waals surface area (Å²) in [5, 5.41) is 0. The zero-order valence-corrected chi connectivity index (χ0v) is 15.8. The number of hydrogen-bond acceptors (Lipinski definition) is 5. The number of benzene rings is 2. The van der Waals surface area contributed by atoms with Crippen molar-refractivity contribution in [2.75, 3.05) is 14.2 Å². The molecule has 1 heterocycles. The first-order valence-electron chi connectivity index (χ1n) is 9.14. The number of methoxy groups -OCH3 is 2. The number of nitrogens with zero attached hydrogens (tertiary/aromatic N) is 1. The minimum Gasteiger partial charge on any atom is -0.468 e. The van der Waals surface area contributed by atoms with E-state index in [0.29, 0.717) is 0 Å². The number of esters is 2. The molecule has 0 fully saturated rings. The Morgan fingerprint density at radius 2 is 1.57 bits per heavy atom. The maximum atomic E-state index is 12.8. The van der Waals surface area contributed by atoms with Crippen LogP contribution >= 0.6 is 0 Å².